The summed E-state index contributed by atoms with van der Waals surface area (Å²) in [5.41, 5.74) is 0.412. The number of aldehydes is 1. The lowest BCUT2D eigenvalue weighted by Crippen LogP contribution is -2.41. The van der Waals surface area contributed by atoms with E-state index in [-0.39, 0.29) is 0 Å². The van der Waals surface area contributed by atoms with Crippen molar-refractivity contribution < 1.29 is 31.8 Å². The molecule has 0 saturated carbocycles. The van der Waals surface area contributed by atoms with Crippen LogP contribution in [0.15, 0.2) is 36.4 Å². The molecule has 0 saturated heterocycles. The van der Waals surface area contributed by atoms with E-state index in [9.17, 15) is 22.4 Å². The molecule has 0 spiro atoms. The first-order valence-electron chi connectivity index (χ1n) is 6.92. The van der Waals surface area contributed by atoms with Gasteiger partial charge in [-0.15, -0.1) is 8.78 Å². The van der Waals surface area contributed by atoms with Crippen molar-refractivity contribution >= 4 is 30.0 Å². The van der Waals surface area contributed by atoms with Gasteiger partial charge in [-0.25, -0.2) is 4.74 Å². The maximum Gasteiger partial charge on any atom is 0.540 e. The van der Waals surface area contributed by atoms with Gasteiger partial charge in [-0.1, -0.05) is 29.8 Å². The molecular formula is C17H9ClF4O3. The number of rotatable bonds is 3. The van der Waals surface area contributed by atoms with Crippen molar-refractivity contribution in [3.63, 3.8) is 0 Å². The molecule has 1 aliphatic heterocycles. The molecule has 0 amide bonds. The van der Waals surface area contributed by atoms with Crippen LogP contribution < -0.4 is 4.74 Å². The molecule has 3 nitrogen and oxygen atoms in total. The van der Waals surface area contributed by atoms with Crippen molar-refractivity contribution in [2.24, 2.45) is 0 Å². The molecule has 25 heavy (non-hydrogen) atoms. The van der Waals surface area contributed by atoms with Crippen LogP contribution in [-0.2, 0) is 10.8 Å². The topological polar surface area (TPSA) is 35.5 Å². The summed E-state index contributed by atoms with van der Waals surface area (Å²) in [6.45, 7) is 0. The van der Waals surface area contributed by atoms with Crippen molar-refractivity contribution in [2.45, 2.75) is 12.4 Å². The Morgan fingerprint density at radius 2 is 1.60 bits per heavy atom. The fourth-order valence-electron chi connectivity index (χ4n) is 2.31. The largest absolute Gasteiger partial charge is 0.540 e. The monoisotopic (exact) mass is 372 g/mol. The second-order valence-electron chi connectivity index (χ2n) is 5.21. The molecule has 1 aliphatic rings. The molecule has 0 atom stereocenters. The van der Waals surface area contributed by atoms with Crippen LogP contribution in [0, 0.1) is 0 Å². The van der Waals surface area contributed by atoms with Gasteiger partial charge in [-0.2, -0.15) is 8.78 Å². The molecule has 0 fully saturated rings. The molecule has 0 N–H and O–H groups in total. The fourth-order valence-corrected chi connectivity index (χ4v) is 2.57. The summed E-state index contributed by atoms with van der Waals surface area (Å²) >= 11 is 5.87. The highest BCUT2D eigenvalue weighted by Crippen LogP contribution is 2.46. The third kappa shape index (κ3) is 3.83. The first-order valence-corrected chi connectivity index (χ1v) is 7.29. The molecule has 0 bridgehead atoms. The Morgan fingerprint density at radius 3 is 2.32 bits per heavy atom. The lowest BCUT2D eigenvalue weighted by molar-refractivity contribution is -0.461. The van der Waals surface area contributed by atoms with Gasteiger partial charge in [0.25, 0.3) is 0 Å². The van der Waals surface area contributed by atoms with Gasteiger partial charge in [0, 0.05) is 10.6 Å². The first kappa shape index (κ1) is 17.4. The number of benzene rings is 2. The Kier molecular flexibility index (Phi) is 4.30. The summed E-state index contributed by atoms with van der Waals surface area (Å²) in [5.74, 6) is -0.663. The van der Waals surface area contributed by atoms with Crippen LogP contribution in [0.4, 0.5) is 17.6 Å². The molecule has 2 aromatic carbocycles. The summed E-state index contributed by atoms with van der Waals surface area (Å²) < 4.78 is 60.9. The molecular weight excluding hydrogens is 364 g/mol. The quantitative estimate of drug-likeness (QED) is 0.415. The summed E-state index contributed by atoms with van der Waals surface area (Å²) in [4.78, 5) is 10.8. The Hall–Kier alpha value is -2.38. The summed E-state index contributed by atoms with van der Waals surface area (Å²) in [5, 5.41) is 0.338. The zero-order valence-corrected chi connectivity index (χ0v) is 13.1. The van der Waals surface area contributed by atoms with Crippen molar-refractivity contribution in [3.8, 4) is 5.75 Å². The van der Waals surface area contributed by atoms with Crippen LogP contribution in [0.1, 0.15) is 27.0 Å². The zero-order valence-electron chi connectivity index (χ0n) is 12.3. The van der Waals surface area contributed by atoms with Crippen LogP contribution in [0.3, 0.4) is 0 Å². The minimum absolute atomic E-state index is 0.295. The number of fused-ring (bicyclic) bond motifs is 1. The molecule has 0 aliphatic carbocycles. The van der Waals surface area contributed by atoms with Crippen molar-refractivity contribution in [1.29, 1.82) is 0 Å². The second kappa shape index (κ2) is 6.16. The molecule has 0 radical (unpaired) electrons. The van der Waals surface area contributed by atoms with E-state index in [0.717, 1.165) is 12.1 Å². The minimum Gasteiger partial charge on any atom is -0.409 e. The highest BCUT2D eigenvalue weighted by Gasteiger charge is 2.54. The van der Waals surface area contributed by atoms with Gasteiger partial charge in [0.15, 0.2) is 0 Å². The van der Waals surface area contributed by atoms with Crippen molar-refractivity contribution in [3.05, 3.63) is 63.7 Å². The number of alkyl halides is 4. The van der Waals surface area contributed by atoms with Crippen LogP contribution in [-0.4, -0.2) is 12.6 Å². The van der Waals surface area contributed by atoms with Gasteiger partial charge in [0.05, 0.1) is 5.56 Å². The highest BCUT2D eigenvalue weighted by molar-refractivity contribution is 6.31. The van der Waals surface area contributed by atoms with Crippen molar-refractivity contribution in [2.75, 3.05) is 0 Å². The van der Waals surface area contributed by atoms with Gasteiger partial charge in [-0.05, 0) is 41.5 Å². The molecule has 0 aromatic heterocycles. The summed E-state index contributed by atoms with van der Waals surface area (Å²) in [7, 11) is 0. The molecule has 2 aromatic rings. The molecule has 1 heterocycles. The SMILES string of the molecule is O=Cc1cc(Cl)cc(/C=C/c2ccc3c(c2)C(F)(F)OC(F)(F)O3)c1. The van der Waals surface area contributed by atoms with Crippen molar-refractivity contribution in [1.82, 2.24) is 0 Å². The fraction of sp³-hybridized carbons (Fsp3) is 0.118. The van der Waals surface area contributed by atoms with E-state index in [2.05, 4.69) is 9.47 Å². The smallest absolute Gasteiger partial charge is 0.409 e. The van der Waals surface area contributed by atoms with E-state index in [4.69, 9.17) is 11.6 Å². The van der Waals surface area contributed by atoms with Crippen LogP contribution >= 0.6 is 11.6 Å². The lowest BCUT2D eigenvalue weighted by atomic mass is 10.1. The second-order valence-corrected chi connectivity index (χ2v) is 5.65. The number of hydrogen-bond donors (Lipinski definition) is 0. The van der Waals surface area contributed by atoms with Gasteiger partial charge < -0.3 is 4.74 Å². The zero-order chi connectivity index (χ0) is 18.2. The highest BCUT2D eigenvalue weighted by atomic mass is 35.5. The maximum atomic E-state index is 13.7. The normalized spacial score (nSPS) is 17.8. The number of halogens is 5. The number of hydrogen-bond acceptors (Lipinski definition) is 3. The van der Waals surface area contributed by atoms with Crippen LogP contribution in [0.25, 0.3) is 12.2 Å². The van der Waals surface area contributed by atoms with Gasteiger partial charge in [0.1, 0.15) is 12.0 Å². The predicted molar refractivity (Wildman–Crippen MR) is 82.8 cm³/mol. The van der Waals surface area contributed by atoms with Crippen LogP contribution in [0.2, 0.25) is 5.02 Å². The molecule has 130 valence electrons. The number of carbonyl (C=O) groups excluding carboxylic acids is 1. The van der Waals surface area contributed by atoms with E-state index in [1.165, 1.54) is 24.3 Å². The van der Waals surface area contributed by atoms with Crippen LogP contribution in [0.5, 0.6) is 5.75 Å². The van der Waals surface area contributed by atoms with E-state index in [0.29, 0.717) is 28.0 Å². The predicted octanol–water partition coefficient (Wildman–Crippen LogP) is 5.33. The van der Waals surface area contributed by atoms with Gasteiger partial charge in [0.2, 0.25) is 0 Å². The Morgan fingerprint density at radius 1 is 0.920 bits per heavy atom. The Balaban J connectivity index is 1.93. The van der Waals surface area contributed by atoms with Gasteiger partial charge >= 0.3 is 12.4 Å². The molecule has 8 heteroatoms. The molecule has 3 rings (SSSR count). The van der Waals surface area contributed by atoms with E-state index in [1.54, 1.807) is 12.1 Å². The van der Waals surface area contributed by atoms with Gasteiger partial charge in [-0.3, -0.25) is 4.79 Å². The Labute approximate surface area is 144 Å². The average Bonchev–Trinajstić information content (AvgIpc) is 2.51. The molecule has 0 unspecified atom stereocenters. The average molecular weight is 373 g/mol. The summed E-state index contributed by atoms with van der Waals surface area (Å²) in [6, 6.07) is 7.92. The summed E-state index contributed by atoms with van der Waals surface area (Å²) in [6.07, 6.45) is -4.97. The number of ether oxygens (including phenoxy) is 2. The number of carbonyl (C=O) groups is 1. The minimum atomic E-state index is -4.40. The van der Waals surface area contributed by atoms with E-state index >= 15 is 0 Å². The maximum absolute atomic E-state index is 13.7. The third-order valence-corrected chi connectivity index (χ3v) is 3.56. The van der Waals surface area contributed by atoms with E-state index < -0.39 is 23.7 Å². The third-order valence-electron chi connectivity index (χ3n) is 3.34. The first-order chi connectivity index (χ1) is 11.7. The Bertz CT molecular complexity index is 865. The lowest BCUT2D eigenvalue weighted by Gasteiger charge is -2.30. The van der Waals surface area contributed by atoms with E-state index in [1.807, 2.05) is 0 Å². The standard InChI is InChI=1S/C17H9ClF4O3/c18-13-6-11(5-12(7-13)9-23)2-1-10-3-4-15-14(8-10)16(19,20)25-17(21,22)24-15/h1-9H/b2-1+.